The third-order valence-corrected chi connectivity index (χ3v) is 4.68. The van der Waals surface area contributed by atoms with Crippen molar-refractivity contribution >= 4 is 23.4 Å². The molecule has 2 aliphatic heterocycles. The summed E-state index contributed by atoms with van der Waals surface area (Å²) in [6, 6.07) is 6.72. The van der Waals surface area contributed by atoms with Crippen LogP contribution in [0.4, 0.5) is 16.2 Å². The van der Waals surface area contributed by atoms with Gasteiger partial charge in [-0.2, -0.15) is 0 Å². The molecule has 1 aromatic carbocycles. The number of hydrogen-bond donors (Lipinski definition) is 2. The molecular formula is C19H28N6O4. The summed E-state index contributed by atoms with van der Waals surface area (Å²) in [4.78, 5) is 31.4. The minimum absolute atomic E-state index is 0.0593. The van der Waals surface area contributed by atoms with Crippen LogP contribution in [-0.2, 0) is 4.74 Å². The van der Waals surface area contributed by atoms with Crippen molar-refractivity contribution < 1.29 is 14.5 Å². The first kappa shape index (κ1) is 20.7. The summed E-state index contributed by atoms with van der Waals surface area (Å²) in [6.07, 6.45) is -0.285. The van der Waals surface area contributed by atoms with Crippen LogP contribution in [0.2, 0.25) is 0 Å². The third kappa shape index (κ3) is 5.27. The molecule has 1 atom stereocenters. The van der Waals surface area contributed by atoms with Gasteiger partial charge in [0.25, 0.3) is 5.69 Å². The molecule has 1 aromatic rings. The van der Waals surface area contributed by atoms with Gasteiger partial charge in [-0.05, 0) is 26.8 Å². The molecule has 1 unspecified atom stereocenters. The number of nitrogens with one attached hydrogen (secondary N) is 2. The molecule has 10 heteroatoms. The Hall–Kier alpha value is -3.04. The Labute approximate surface area is 170 Å². The van der Waals surface area contributed by atoms with E-state index in [1.54, 1.807) is 23.1 Å². The number of carbonyl (C=O) groups is 1. The summed E-state index contributed by atoms with van der Waals surface area (Å²) < 4.78 is 5.46. The molecule has 1 amide bonds. The number of nitro groups is 1. The van der Waals surface area contributed by atoms with Crippen molar-refractivity contribution in [1.82, 2.24) is 15.1 Å². The maximum atomic E-state index is 12.3. The van der Waals surface area contributed by atoms with Crippen LogP contribution in [-0.4, -0.2) is 77.7 Å². The molecule has 1 saturated heterocycles. The van der Waals surface area contributed by atoms with Gasteiger partial charge in [-0.25, -0.2) is 4.79 Å². The Morgan fingerprint density at radius 2 is 2.00 bits per heavy atom. The van der Waals surface area contributed by atoms with Gasteiger partial charge in [-0.3, -0.25) is 15.1 Å². The van der Waals surface area contributed by atoms with Gasteiger partial charge >= 0.3 is 6.09 Å². The van der Waals surface area contributed by atoms with E-state index in [1.165, 1.54) is 6.07 Å². The maximum absolute atomic E-state index is 12.3. The number of piperazine rings is 1. The van der Waals surface area contributed by atoms with Gasteiger partial charge in [0.1, 0.15) is 11.3 Å². The Morgan fingerprint density at radius 3 is 2.72 bits per heavy atom. The second-order valence-electron chi connectivity index (χ2n) is 8.07. The van der Waals surface area contributed by atoms with Crippen LogP contribution in [0.1, 0.15) is 20.8 Å². The average Bonchev–Trinajstić information content (AvgIpc) is 3.06. The number of hydrogen-bond acceptors (Lipinski definition) is 8. The molecule has 0 spiro atoms. The highest BCUT2D eigenvalue weighted by molar-refractivity contribution is 5.82. The van der Waals surface area contributed by atoms with Gasteiger partial charge in [0.05, 0.1) is 17.5 Å². The number of ether oxygens (including phenoxy) is 1. The van der Waals surface area contributed by atoms with Crippen LogP contribution in [0.15, 0.2) is 29.3 Å². The Kier molecular flexibility index (Phi) is 6.09. The second-order valence-corrected chi connectivity index (χ2v) is 8.07. The zero-order chi connectivity index (χ0) is 21.0. The predicted molar refractivity (Wildman–Crippen MR) is 110 cm³/mol. The van der Waals surface area contributed by atoms with E-state index in [-0.39, 0.29) is 17.8 Å². The maximum Gasteiger partial charge on any atom is 0.410 e. The fourth-order valence-electron chi connectivity index (χ4n) is 3.38. The predicted octanol–water partition coefficient (Wildman–Crippen LogP) is 1.89. The van der Waals surface area contributed by atoms with Crippen molar-refractivity contribution in [2.45, 2.75) is 32.4 Å². The number of nitrogens with zero attached hydrogens (tertiary/aromatic N) is 4. The van der Waals surface area contributed by atoms with Crippen LogP contribution in [0.3, 0.4) is 0 Å². The summed E-state index contributed by atoms with van der Waals surface area (Å²) in [5.74, 6) is 0.809. The van der Waals surface area contributed by atoms with E-state index in [0.29, 0.717) is 45.0 Å². The van der Waals surface area contributed by atoms with Crippen LogP contribution in [0.5, 0.6) is 0 Å². The summed E-state index contributed by atoms with van der Waals surface area (Å²) >= 11 is 0. The number of guanidine groups is 1. The van der Waals surface area contributed by atoms with Crippen LogP contribution in [0.25, 0.3) is 0 Å². The Balaban J connectivity index is 1.44. The standard InChI is InChI=1S/C19H28N6O4/c1-19(2,3)29-18(26)23-10-11-24-14(13-23)12-22-17(24)21-9-8-20-15-6-4-5-7-16(15)25(27)28/h4-7,14,20H,8-13H2,1-3H3,(H,21,22). The second kappa shape index (κ2) is 8.54. The SMILES string of the molecule is CC(C)(C)OC(=O)N1CCN2C(NCCNc3ccccc3[N+](=O)[O-])=NCC2C1. The van der Waals surface area contributed by atoms with Crippen molar-refractivity contribution in [1.29, 1.82) is 0 Å². The van der Waals surface area contributed by atoms with Crippen molar-refractivity contribution in [2.75, 3.05) is 44.6 Å². The number of para-hydroxylation sites is 2. The minimum Gasteiger partial charge on any atom is -0.444 e. The van der Waals surface area contributed by atoms with Gasteiger partial charge in [0, 0.05) is 38.8 Å². The summed E-state index contributed by atoms with van der Waals surface area (Å²) in [5, 5.41) is 17.4. The fraction of sp³-hybridized carbons (Fsp3) is 0.579. The average molecular weight is 404 g/mol. The van der Waals surface area contributed by atoms with Crippen molar-refractivity contribution in [3.63, 3.8) is 0 Å². The van der Waals surface area contributed by atoms with Crippen molar-refractivity contribution in [3.05, 3.63) is 34.4 Å². The monoisotopic (exact) mass is 404 g/mol. The lowest BCUT2D eigenvalue weighted by atomic mass is 10.2. The highest BCUT2D eigenvalue weighted by Crippen LogP contribution is 2.23. The molecule has 2 N–H and O–H groups in total. The number of fused-ring (bicyclic) bond motifs is 1. The van der Waals surface area contributed by atoms with E-state index in [4.69, 9.17) is 4.74 Å². The molecule has 29 heavy (non-hydrogen) atoms. The van der Waals surface area contributed by atoms with Gasteiger partial charge in [-0.1, -0.05) is 12.1 Å². The van der Waals surface area contributed by atoms with E-state index in [2.05, 4.69) is 20.5 Å². The molecule has 3 rings (SSSR count). The number of benzene rings is 1. The number of anilines is 1. The van der Waals surface area contributed by atoms with Gasteiger partial charge in [0.15, 0.2) is 5.96 Å². The molecular weight excluding hydrogens is 376 g/mol. The smallest absolute Gasteiger partial charge is 0.410 e. The highest BCUT2D eigenvalue weighted by Gasteiger charge is 2.36. The topological polar surface area (TPSA) is 112 Å². The third-order valence-electron chi connectivity index (χ3n) is 4.68. The number of amides is 1. The van der Waals surface area contributed by atoms with E-state index < -0.39 is 10.5 Å². The van der Waals surface area contributed by atoms with Gasteiger partial charge < -0.3 is 25.2 Å². The first-order chi connectivity index (χ1) is 13.7. The normalized spacial score (nSPS) is 18.7. The quantitative estimate of drug-likeness (QED) is 0.438. The Bertz CT molecular complexity index is 791. The summed E-state index contributed by atoms with van der Waals surface area (Å²) in [6.45, 7) is 9.15. The van der Waals surface area contributed by atoms with E-state index in [0.717, 1.165) is 5.96 Å². The minimum atomic E-state index is -0.506. The number of carbonyl (C=O) groups excluding carboxylic acids is 1. The lowest BCUT2D eigenvalue weighted by Gasteiger charge is -2.39. The fourth-order valence-corrected chi connectivity index (χ4v) is 3.38. The molecule has 10 nitrogen and oxygen atoms in total. The van der Waals surface area contributed by atoms with E-state index in [9.17, 15) is 14.9 Å². The lowest BCUT2D eigenvalue weighted by Crippen LogP contribution is -2.57. The molecule has 2 heterocycles. The molecule has 0 aliphatic carbocycles. The van der Waals surface area contributed by atoms with Gasteiger partial charge in [-0.15, -0.1) is 0 Å². The summed E-state index contributed by atoms with van der Waals surface area (Å²) in [5.41, 5.74) is 0.0500. The number of nitro benzene ring substituents is 1. The zero-order valence-electron chi connectivity index (χ0n) is 17.1. The zero-order valence-corrected chi connectivity index (χ0v) is 17.1. The first-order valence-corrected chi connectivity index (χ1v) is 9.75. The van der Waals surface area contributed by atoms with Crippen molar-refractivity contribution in [3.8, 4) is 0 Å². The molecule has 0 radical (unpaired) electrons. The largest absolute Gasteiger partial charge is 0.444 e. The number of aliphatic imine (C=N–C) groups is 1. The Morgan fingerprint density at radius 1 is 1.28 bits per heavy atom. The lowest BCUT2D eigenvalue weighted by molar-refractivity contribution is -0.384. The van der Waals surface area contributed by atoms with E-state index >= 15 is 0 Å². The molecule has 0 bridgehead atoms. The van der Waals surface area contributed by atoms with Crippen LogP contribution < -0.4 is 10.6 Å². The first-order valence-electron chi connectivity index (χ1n) is 9.75. The highest BCUT2D eigenvalue weighted by atomic mass is 16.6. The molecule has 0 aromatic heterocycles. The van der Waals surface area contributed by atoms with Gasteiger partial charge in [0.2, 0.25) is 0 Å². The number of rotatable bonds is 5. The molecule has 158 valence electrons. The van der Waals surface area contributed by atoms with Crippen LogP contribution >= 0.6 is 0 Å². The van der Waals surface area contributed by atoms with Crippen molar-refractivity contribution in [2.24, 2.45) is 4.99 Å². The van der Waals surface area contributed by atoms with E-state index in [1.807, 2.05) is 20.8 Å². The molecule has 2 aliphatic rings. The molecule has 1 fully saturated rings. The summed E-state index contributed by atoms with van der Waals surface area (Å²) in [7, 11) is 0. The molecule has 0 saturated carbocycles. The van der Waals surface area contributed by atoms with Crippen LogP contribution in [0, 0.1) is 10.1 Å².